The van der Waals surface area contributed by atoms with Crippen LogP contribution in [0.25, 0.3) is 0 Å². The van der Waals surface area contributed by atoms with Gasteiger partial charge in [0.1, 0.15) is 0 Å². The predicted octanol–water partition coefficient (Wildman–Crippen LogP) is 5.04. The number of hydrogen-bond acceptors (Lipinski definition) is 3. The van der Waals surface area contributed by atoms with E-state index in [-0.39, 0.29) is 13.0 Å². The van der Waals surface area contributed by atoms with Gasteiger partial charge < -0.3 is 14.5 Å². The molecule has 2 unspecified atom stereocenters. The third-order valence-corrected chi connectivity index (χ3v) is 6.75. The van der Waals surface area contributed by atoms with Gasteiger partial charge in [-0.15, -0.1) is 0 Å². The standard InChI is InChI=1S/C18H37O5P/c1-5-8-10-12-14-16(4)18(24(20,21)22,17(19)23-7-3)15-13-11-9-6-2/h16H,5-15H2,1-4H3,(H2,20,21,22). The van der Waals surface area contributed by atoms with Gasteiger partial charge in [-0.25, -0.2) is 0 Å². The van der Waals surface area contributed by atoms with Crippen LogP contribution in [0.4, 0.5) is 0 Å². The van der Waals surface area contributed by atoms with Crippen LogP contribution in [0.1, 0.15) is 91.9 Å². The number of carbonyl (C=O) groups is 1. The van der Waals surface area contributed by atoms with Crippen molar-refractivity contribution in [3.63, 3.8) is 0 Å². The lowest BCUT2D eigenvalue weighted by molar-refractivity contribution is -0.149. The van der Waals surface area contributed by atoms with Crippen molar-refractivity contribution in [1.82, 2.24) is 0 Å². The molecule has 2 N–H and O–H groups in total. The Labute approximate surface area is 147 Å². The molecule has 0 aliphatic carbocycles. The zero-order valence-electron chi connectivity index (χ0n) is 15.9. The zero-order valence-corrected chi connectivity index (χ0v) is 16.8. The second-order valence-corrected chi connectivity index (χ2v) is 8.64. The van der Waals surface area contributed by atoms with Gasteiger partial charge in [0.05, 0.1) is 6.61 Å². The quantitative estimate of drug-likeness (QED) is 0.256. The number of esters is 1. The smallest absolute Gasteiger partial charge is 0.343 e. The molecular weight excluding hydrogens is 327 g/mol. The van der Waals surface area contributed by atoms with E-state index in [0.717, 1.165) is 44.9 Å². The van der Waals surface area contributed by atoms with E-state index in [1.165, 1.54) is 0 Å². The van der Waals surface area contributed by atoms with Crippen molar-refractivity contribution in [3.8, 4) is 0 Å². The van der Waals surface area contributed by atoms with E-state index in [9.17, 15) is 19.1 Å². The minimum Gasteiger partial charge on any atom is -0.465 e. The van der Waals surface area contributed by atoms with Gasteiger partial charge in [-0.3, -0.25) is 9.36 Å². The van der Waals surface area contributed by atoms with Crippen molar-refractivity contribution in [1.29, 1.82) is 0 Å². The fraction of sp³-hybridized carbons (Fsp3) is 0.944. The number of hydrogen-bond donors (Lipinski definition) is 2. The van der Waals surface area contributed by atoms with E-state index in [0.29, 0.717) is 12.8 Å². The molecule has 0 spiro atoms. The summed E-state index contributed by atoms with van der Waals surface area (Å²) in [6.07, 6.45) is 8.50. The van der Waals surface area contributed by atoms with Crippen LogP contribution in [0, 0.1) is 5.92 Å². The van der Waals surface area contributed by atoms with Crippen LogP contribution in [-0.2, 0) is 14.1 Å². The van der Waals surface area contributed by atoms with Crippen LogP contribution in [-0.4, -0.2) is 27.5 Å². The largest absolute Gasteiger partial charge is 0.465 e. The highest BCUT2D eigenvalue weighted by Gasteiger charge is 2.57. The highest BCUT2D eigenvalue weighted by atomic mass is 31.2. The molecule has 0 aromatic rings. The third kappa shape index (κ3) is 6.85. The molecule has 0 aliphatic rings. The summed E-state index contributed by atoms with van der Waals surface area (Å²) in [5, 5.41) is -1.69. The maximum atomic E-state index is 12.6. The minimum atomic E-state index is -4.63. The molecule has 0 heterocycles. The molecule has 0 aromatic carbocycles. The second kappa shape index (κ2) is 12.1. The van der Waals surface area contributed by atoms with Crippen LogP contribution in [0.5, 0.6) is 0 Å². The first-order valence-corrected chi connectivity index (χ1v) is 11.1. The SMILES string of the molecule is CCCCCCC(C)C(CCCCCC)(C(=O)OCC)P(=O)(O)O. The zero-order chi connectivity index (χ0) is 18.6. The van der Waals surface area contributed by atoms with E-state index in [1.54, 1.807) is 13.8 Å². The average Bonchev–Trinajstić information content (AvgIpc) is 2.50. The molecule has 0 radical (unpaired) electrons. The predicted molar refractivity (Wildman–Crippen MR) is 98.1 cm³/mol. The summed E-state index contributed by atoms with van der Waals surface area (Å²) in [4.78, 5) is 32.7. The van der Waals surface area contributed by atoms with Crippen molar-refractivity contribution in [3.05, 3.63) is 0 Å². The van der Waals surface area contributed by atoms with Crippen molar-refractivity contribution >= 4 is 13.6 Å². The fourth-order valence-corrected chi connectivity index (χ4v) is 4.75. The Morgan fingerprint density at radius 2 is 1.54 bits per heavy atom. The topological polar surface area (TPSA) is 83.8 Å². The summed E-state index contributed by atoms with van der Waals surface area (Å²) in [6.45, 7) is 7.80. The minimum absolute atomic E-state index is 0.137. The Morgan fingerprint density at radius 3 is 2.00 bits per heavy atom. The van der Waals surface area contributed by atoms with Crippen molar-refractivity contribution < 1.29 is 23.9 Å². The number of carbonyl (C=O) groups excluding carboxylic acids is 1. The van der Waals surface area contributed by atoms with E-state index in [4.69, 9.17) is 4.74 Å². The summed E-state index contributed by atoms with van der Waals surface area (Å²) in [6, 6.07) is 0. The summed E-state index contributed by atoms with van der Waals surface area (Å²) < 4.78 is 17.5. The van der Waals surface area contributed by atoms with Gasteiger partial charge in [0.2, 0.25) is 0 Å². The van der Waals surface area contributed by atoms with E-state index >= 15 is 0 Å². The van der Waals surface area contributed by atoms with Gasteiger partial charge in [0.25, 0.3) is 0 Å². The molecule has 0 bridgehead atoms. The van der Waals surface area contributed by atoms with Crippen molar-refractivity contribution in [2.24, 2.45) is 5.92 Å². The van der Waals surface area contributed by atoms with Crippen molar-refractivity contribution in [2.75, 3.05) is 6.61 Å². The van der Waals surface area contributed by atoms with Crippen LogP contribution in [0.15, 0.2) is 0 Å². The van der Waals surface area contributed by atoms with Gasteiger partial charge in [-0.2, -0.15) is 0 Å². The molecular formula is C18H37O5P. The lowest BCUT2D eigenvalue weighted by atomic mass is 9.84. The van der Waals surface area contributed by atoms with Gasteiger partial charge in [0.15, 0.2) is 5.16 Å². The third-order valence-electron chi connectivity index (χ3n) is 4.87. The summed E-state index contributed by atoms with van der Waals surface area (Å²) in [5.74, 6) is -1.12. The van der Waals surface area contributed by atoms with Crippen LogP contribution >= 0.6 is 7.60 Å². The Morgan fingerprint density at radius 1 is 1.00 bits per heavy atom. The molecule has 2 atom stereocenters. The molecule has 0 aliphatic heterocycles. The number of unbranched alkanes of at least 4 members (excludes halogenated alkanes) is 6. The molecule has 0 rings (SSSR count). The second-order valence-electron chi connectivity index (χ2n) is 6.75. The van der Waals surface area contributed by atoms with Gasteiger partial charge in [-0.05, 0) is 25.7 Å². The Hall–Kier alpha value is -0.380. The molecule has 24 heavy (non-hydrogen) atoms. The maximum Gasteiger partial charge on any atom is 0.343 e. The van der Waals surface area contributed by atoms with Gasteiger partial charge in [0, 0.05) is 0 Å². The lowest BCUT2D eigenvalue weighted by Gasteiger charge is -2.37. The number of rotatable bonds is 14. The maximum absolute atomic E-state index is 12.6. The Bertz CT molecular complexity index is 393. The van der Waals surface area contributed by atoms with Crippen LogP contribution in [0.3, 0.4) is 0 Å². The first-order chi connectivity index (χ1) is 11.3. The van der Waals surface area contributed by atoms with E-state index < -0.39 is 24.6 Å². The van der Waals surface area contributed by atoms with Crippen LogP contribution < -0.4 is 0 Å². The molecule has 0 aromatic heterocycles. The van der Waals surface area contributed by atoms with Gasteiger partial charge >= 0.3 is 13.6 Å². The molecule has 0 saturated carbocycles. The first kappa shape index (κ1) is 23.6. The monoisotopic (exact) mass is 364 g/mol. The highest BCUT2D eigenvalue weighted by molar-refractivity contribution is 7.54. The Balaban J connectivity index is 5.31. The first-order valence-electron chi connectivity index (χ1n) is 9.50. The summed E-state index contributed by atoms with van der Waals surface area (Å²) in [5.41, 5.74) is 0. The molecule has 5 nitrogen and oxygen atoms in total. The normalized spacial score (nSPS) is 15.8. The van der Waals surface area contributed by atoms with Gasteiger partial charge in [-0.1, -0.05) is 72.1 Å². The number of ether oxygens (including phenoxy) is 1. The molecule has 144 valence electrons. The summed E-state index contributed by atoms with van der Waals surface area (Å²) in [7, 11) is -4.63. The van der Waals surface area contributed by atoms with E-state index in [1.807, 2.05) is 0 Å². The fourth-order valence-electron chi connectivity index (χ4n) is 3.29. The highest BCUT2D eigenvalue weighted by Crippen LogP contribution is 2.59. The average molecular weight is 364 g/mol. The molecule has 0 amide bonds. The molecule has 6 heteroatoms. The van der Waals surface area contributed by atoms with E-state index in [2.05, 4.69) is 13.8 Å². The Kier molecular flexibility index (Phi) is 11.9. The molecule has 0 saturated heterocycles. The molecule has 0 fully saturated rings. The van der Waals surface area contributed by atoms with Crippen LogP contribution in [0.2, 0.25) is 0 Å². The summed E-state index contributed by atoms with van der Waals surface area (Å²) >= 11 is 0. The van der Waals surface area contributed by atoms with Crippen molar-refractivity contribution in [2.45, 2.75) is 97.1 Å². The lowest BCUT2D eigenvalue weighted by Crippen LogP contribution is -2.46.